The fraction of sp³-hybridized carbons (Fsp3) is 0.909. The zero-order chi connectivity index (χ0) is 12.3. The number of nitrogens with two attached hydrogens (primary N) is 1. The van der Waals surface area contributed by atoms with E-state index in [2.05, 4.69) is 9.80 Å². The first-order valence-electron chi connectivity index (χ1n) is 5.74. The molecule has 0 aromatic rings. The van der Waals surface area contributed by atoms with Gasteiger partial charge in [0, 0.05) is 19.1 Å². The molecule has 94 valence electrons. The van der Waals surface area contributed by atoms with E-state index in [9.17, 15) is 4.79 Å². The third-order valence-corrected chi connectivity index (χ3v) is 3.10. The smallest absolute Gasteiger partial charge is 0.324 e. The zero-order valence-electron chi connectivity index (χ0n) is 10.4. The van der Waals surface area contributed by atoms with E-state index in [-0.39, 0.29) is 0 Å². The number of carbonyl (C=O) groups is 1. The molecule has 5 nitrogen and oxygen atoms in total. The van der Waals surface area contributed by atoms with Crippen molar-refractivity contribution >= 4 is 5.97 Å². The van der Waals surface area contributed by atoms with Gasteiger partial charge in [-0.1, -0.05) is 0 Å². The molecule has 1 aliphatic heterocycles. The van der Waals surface area contributed by atoms with Crippen molar-refractivity contribution in [1.29, 1.82) is 0 Å². The minimum absolute atomic E-state index is 0.431. The largest absolute Gasteiger partial charge is 0.480 e. The van der Waals surface area contributed by atoms with Crippen LogP contribution in [0.5, 0.6) is 0 Å². The Bertz CT molecular complexity index is 254. The molecule has 0 aromatic heterocycles. The van der Waals surface area contributed by atoms with E-state index in [1.807, 2.05) is 14.1 Å². The predicted octanol–water partition coefficient (Wildman–Crippen LogP) is -0.186. The van der Waals surface area contributed by atoms with Gasteiger partial charge in [0.05, 0.1) is 0 Å². The van der Waals surface area contributed by atoms with Gasteiger partial charge in [-0.2, -0.15) is 0 Å². The molecule has 1 aliphatic rings. The van der Waals surface area contributed by atoms with Gasteiger partial charge in [0.15, 0.2) is 0 Å². The number of likely N-dealkylation sites (tertiary alicyclic amines) is 1. The predicted molar refractivity (Wildman–Crippen MR) is 63.4 cm³/mol. The third-order valence-electron chi connectivity index (χ3n) is 3.10. The maximum atomic E-state index is 11.0. The Balaban J connectivity index is 2.56. The average Bonchev–Trinajstić information content (AvgIpc) is 2.50. The van der Waals surface area contributed by atoms with Crippen LogP contribution in [0.2, 0.25) is 0 Å². The van der Waals surface area contributed by atoms with Crippen LogP contribution in [0.1, 0.15) is 19.8 Å². The first kappa shape index (κ1) is 13.4. The summed E-state index contributed by atoms with van der Waals surface area (Å²) in [5.74, 6) is -0.928. The second kappa shape index (κ2) is 5.12. The van der Waals surface area contributed by atoms with Gasteiger partial charge < -0.3 is 15.7 Å². The van der Waals surface area contributed by atoms with Crippen LogP contribution in [0.15, 0.2) is 0 Å². The Labute approximate surface area is 97.2 Å². The SMILES string of the molecule is CN(C)CC1CCCN1CC(C)(N)C(=O)O. The van der Waals surface area contributed by atoms with Crippen LogP contribution in [0.25, 0.3) is 0 Å². The van der Waals surface area contributed by atoms with E-state index in [0.29, 0.717) is 12.6 Å². The van der Waals surface area contributed by atoms with Crippen LogP contribution in [-0.2, 0) is 4.79 Å². The van der Waals surface area contributed by atoms with Crippen molar-refractivity contribution in [3.63, 3.8) is 0 Å². The molecule has 0 spiro atoms. The molecule has 5 heteroatoms. The normalized spacial score (nSPS) is 25.9. The Kier molecular flexibility index (Phi) is 4.29. The van der Waals surface area contributed by atoms with E-state index in [0.717, 1.165) is 25.9 Å². The summed E-state index contributed by atoms with van der Waals surface area (Å²) in [6, 6.07) is 0.442. The lowest BCUT2D eigenvalue weighted by atomic mass is 10.0. The lowest BCUT2D eigenvalue weighted by molar-refractivity contribution is -0.143. The van der Waals surface area contributed by atoms with Gasteiger partial charge in [-0.05, 0) is 40.4 Å². The number of carboxylic acids is 1. The lowest BCUT2D eigenvalue weighted by Gasteiger charge is -2.32. The quantitative estimate of drug-likeness (QED) is 0.684. The van der Waals surface area contributed by atoms with Gasteiger partial charge in [-0.15, -0.1) is 0 Å². The fourth-order valence-electron chi connectivity index (χ4n) is 2.22. The second-order valence-electron chi connectivity index (χ2n) is 5.25. The molecule has 1 heterocycles. The van der Waals surface area contributed by atoms with Crippen molar-refractivity contribution in [2.75, 3.05) is 33.7 Å². The molecule has 1 saturated heterocycles. The highest BCUT2D eigenvalue weighted by molar-refractivity contribution is 5.78. The van der Waals surface area contributed by atoms with Gasteiger partial charge in [0.2, 0.25) is 0 Å². The Morgan fingerprint density at radius 1 is 1.62 bits per heavy atom. The number of hydrogen-bond donors (Lipinski definition) is 2. The maximum Gasteiger partial charge on any atom is 0.324 e. The molecule has 0 aliphatic carbocycles. The van der Waals surface area contributed by atoms with Gasteiger partial charge in [-0.25, -0.2) is 0 Å². The summed E-state index contributed by atoms with van der Waals surface area (Å²) in [5, 5.41) is 9.01. The van der Waals surface area contributed by atoms with Gasteiger partial charge in [0.25, 0.3) is 0 Å². The minimum atomic E-state index is -1.14. The summed E-state index contributed by atoms with van der Waals surface area (Å²) in [6.07, 6.45) is 2.27. The van der Waals surface area contributed by atoms with E-state index in [1.54, 1.807) is 6.92 Å². The summed E-state index contributed by atoms with van der Waals surface area (Å²) in [7, 11) is 4.07. The summed E-state index contributed by atoms with van der Waals surface area (Å²) in [5.41, 5.74) is 4.63. The van der Waals surface area contributed by atoms with E-state index in [1.165, 1.54) is 0 Å². The Morgan fingerprint density at radius 3 is 2.75 bits per heavy atom. The zero-order valence-corrected chi connectivity index (χ0v) is 10.4. The molecule has 0 amide bonds. The summed E-state index contributed by atoms with van der Waals surface area (Å²) in [6.45, 7) is 3.94. The third kappa shape index (κ3) is 3.43. The highest BCUT2D eigenvalue weighted by Gasteiger charge is 2.35. The number of hydrogen-bond acceptors (Lipinski definition) is 4. The molecule has 1 fully saturated rings. The topological polar surface area (TPSA) is 69.8 Å². The van der Waals surface area contributed by atoms with Crippen LogP contribution in [-0.4, -0.2) is 66.2 Å². The maximum absolute atomic E-state index is 11.0. The monoisotopic (exact) mass is 229 g/mol. The number of nitrogens with zero attached hydrogens (tertiary/aromatic N) is 2. The standard InChI is InChI=1S/C11H23N3O2/c1-11(12,10(15)16)8-14-6-4-5-9(14)7-13(2)3/h9H,4-8,12H2,1-3H3,(H,15,16). The van der Waals surface area contributed by atoms with E-state index < -0.39 is 11.5 Å². The molecular weight excluding hydrogens is 206 g/mol. The second-order valence-corrected chi connectivity index (χ2v) is 5.25. The molecule has 2 atom stereocenters. The van der Waals surface area contributed by atoms with Crippen LogP contribution in [0.4, 0.5) is 0 Å². The number of likely N-dealkylation sites (N-methyl/N-ethyl adjacent to an activating group) is 1. The average molecular weight is 229 g/mol. The van der Waals surface area contributed by atoms with Crippen molar-refractivity contribution in [3.05, 3.63) is 0 Å². The van der Waals surface area contributed by atoms with Crippen LogP contribution < -0.4 is 5.73 Å². The Morgan fingerprint density at radius 2 is 2.25 bits per heavy atom. The molecule has 0 saturated carbocycles. The minimum Gasteiger partial charge on any atom is -0.480 e. The van der Waals surface area contributed by atoms with Crippen molar-refractivity contribution in [2.45, 2.75) is 31.3 Å². The molecule has 2 unspecified atom stereocenters. The lowest BCUT2D eigenvalue weighted by Crippen LogP contribution is -2.55. The van der Waals surface area contributed by atoms with Gasteiger partial charge in [0.1, 0.15) is 5.54 Å². The van der Waals surface area contributed by atoms with Crippen molar-refractivity contribution in [2.24, 2.45) is 5.73 Å². The van der Waals surface area contributed by atoms with Crippen molar-refractivity contribution < 1.29 is 9.90 Å². The van der Waals surface area contributed by atoms with E-state index in [4.69, 9.17) is 10.8 Å². The highest BCUT2D eigenvalue weighted by Crippen LogP contribution is 2.19. The molecule has 0 bridgehead atoms. The van der Waals surface area contributed by atoms with Gasteiger partial charge in [-0.3, -0.25) is 9.69 Å². The summed E-state index contributed by atoms with van der Waals surface area (Å²) < 4.78 is 0. The molecule has 1 rings (SSSR count). The Hall–Kier alpha value is -0.650. The first-order chi connectivity index (χ1) is 7.33. The van der Waals surface area contributed by atoms with Crippen LogP contribution >= 0.6 is 0 Å². The highest BCUT2D eigenvalue weighted by atomic mass is 16.4. The molecular formula is C11H23N3O2. The van der Waals surface area contributed by atoms with E-state index >= 15 is 0 Å². The fourth-order valence-corrected chi connectivity index (χ4v) is 2.22. The van der Waals surface area contributed by atoms with Crippen LogP contribution in [0, 0.1) is 0 Å². The van der Waals surface area contributed by atoms with Crippen molar-refractivity contribution in [1.82, 2.24) is 9.80 Å². The summed E-state index contributed by atoms with van der Waals surface area (Å²) >= 11 is 0. The molecule has 0 aromatic carbocycles. The van der Waals surface area contributed by atoms with Crippen molar-refractivity contribution in [3.8, 4) is 0 Å². The van der Waals surface area contributed by atoms with Gasteiger partial charge >= 0.3 is 5.97 Å². The summed E-state index contributed by atoms with van der Waals surface area (Å²) in [4.78, 5) is 15.3. The number of rotatable bonds is 5. The first-order valence-corrected chi connectivity index (χ1v) is 5.74. The number of carboxylic acid groups (broad SMARTS) is 1. The molecule has 16 heavy (non-hydrogen) atoms. The molecule has 3 N–H and O–H groups in total. The van der Waals surface area contributed by atoms with Crippen LogP contribution in [0.3, 0.4) is 0 Å². The molecule has 0 radical (unpaired) electrons. The number of aliphatic carboxylic acids is 1.